The van der Waals surface area contributed by atoms with Gasteiger partial charge in [0.05, 0.1) is 5.75 Å². The van der Waals surface area contributed by atoms with Crippen LogP contribution in [0.4, 0.5) is 0 Å². The summed E-state index contributed by atoms with van der Waals surface area (Å²) in [6.45, 7) is 11.8. The molecule has 0 aliphatic heterocycles. The summed E-state index contributed by atoms with van der Waals surface area (Å²) >= 11 is 1.37. The Bertz CT molecular complexity index is 683. The van der Waals surface area contributed by atoms with E-state index in [-0.39, 0.29) is 17.3 Å². The molecule has 1 heterocycles. The van der Waals surface area contributed by atoms with E-state index in [9.17, 15) is 9.59 Å². The Morgan fingerprint density at radius 1 is 1.35 bits per heavy atom. The normalized spacial score (nSPS) is 13.5. The van der Waals surface area contributed by atoms with E-state index in [1.165, 1.54) is 11.8 Å². The molecule has 26 heavy (non-hydrogen) atoms. The highest BCUT2D eigenvalue weighted by atomic mass is 32.2. The molecule has 0 saturated heterocycles. The number of hydrogen-bond donors (Lipinski definition) is 1. The third-order valence-electron chi connectivity index (χ3n) is 4.77. The predicted molar refractivity (Wildman–Crippen MR) is 107 cm³/mol. The summed E-state index contributed by atoms with van der Waals surface area (Å²) in [6.07, 6.45) is 5.72. The summed E-state index contributed by atoms with van der Waals surface area (Å²) in [7, 11) is 0. The molecule has 1 N–H and O–H groups in total. The molecule has 1 aliphatic rings. The van der Waals surface area contributed by atoms with Crippen molar-refractivity contribution in [3.05, 3.63) is 34.4 Å². The van der Waals surface area contributed by atoms with Gasteiger partial charge < -0.3 is 10.2 Å². The Labute approximate surface area is 160 Å². The standard InChI is InChI=1S/C19H30N4O2S/c1-4-11-20-17(24)14-26-18-15-9-7-8-10-16(15)23(19(25)21-18)13-12-22(5-2)6-3/h4H,1,5-14H2,2-3H3,(H,20,24). The number of carbonyl (C=O) groups is 1. The van der Waals surface area contributed by atoms with Gasteiger partial charge in [-0.2, -0.15) is 4.98 Å². The minimum Gasteiger partial charge on any atom is -0.352 e. The fourth-order valence-electron chi connectivity index (χ4n) is 3.25. The van der Waals surface area contributed by atoms with Gasteiger partial charge in [0.2, 0.25) is 5.91 Å². The van der Waals surface area contributed by atoms with Crippen LogP contribution in [-0.2, 0) is 24.2 Å². The smallest absolute Gasteiger partial charge is 0.348 e. The lowest BCUT2D eigenvalue weighted by Gasteiger charge is -2.24. The van der Waals surface area contributed by atoms with E-state index in [1.54, 1.807) is 6.08 Å². The summed E-state index contributed by atoms with van der Waals surface area (Å²) in [5.41, 5.74) is 2.10. The van der Waals surface area contributed by atoms with Gasteiger partial charge in [0.15, 0.2) is 0 Å². The molecule has 0 spiro atoms. The average Bonchev–Trinajstić information content (AvgIpc) is 2.66. The third-order valence-corrected chi connectivity index (χ3v) is 5.79. The predicted octanol–water partition coefficient (Wildman–Crippen LogP) is 1.86. The molecule has 0 fully saturated rings. The molecule has 7 heteroatoms. The number of thioether (sulfide) groups is 1. The van der Waals surface area contributed by atoms with E-state index in [2.05, 4.69) is 35.6 Å². The number of rotatable bonds is 10. The van der Waals surface area contributed by atoms with Crippen molar-refractivity contribution in [2.45, 2.75) is 51.1 Å². The monoisotopic (exact) mass is 378 g/mol. The maximum Gasteiger partial charge on any atom is 0.348 e. The molecule has 1 aliphatic carbocycles. The Balaban J connectivity index is 2.18. The molecule has 0 bridgehead atoms. The van der Waals surface area contributed by atoms with E-state index < -0.39 is 0 Å². The van der Waals surface area contributed by atoms with Crippen molar-refractivity contribution in [1.82, 2.24) is 19.8 Å². The van der Waals surface area contributed by atoms with Gasteiger partial charge in [-0.15, -0.1) is 6.58 Å². The quantitative estimate of drug-likeness (QED) is 0.382. The number of nitrogens with one attached hydrogen (secondary N) is 1. The van der Waals surface area contributed by atoms with Crippen LogP contribution >= 0.6 is 11.8 Å². The van der Waals surface area contributed by atoms with E-state index in [0.717, 1.165) is 61.6 Å². The van der Waals surface area contributed by atoms with Gasteiger partial charge in [-0.05, 0) is 38.8 Å². The first-order valence-electron chi connectivity index (χ1n) is 9.46. The molecule has 6 nitrogen and oxygen atoms in total. The molecule has 0 aromatic carbocycles. The highest BCUT2D eigenvalue weighted by molar-refractivity contribution is 7.99. The topological polar surface area (TPSA) is 67.2 Å². The molecular formula is C19H30N4O2S. The lowest BCUT2D eigenvalue weighted by Crippen LogP contribution is -2.35. The van der Waals surface area contributed by atoms with E-state index in [1.807, 2.05) is 4.57 Å². The largest absolute Gasteiger partial charge is 0.352 e. The van der Waals surface area contributed by atoms with Crippen LogP contribution in [0.2, 0.25) is 0 Å². The Kier molecular flexibility index (Phi) is 8.38. The van der Waals surface area contributed by atoms with Crippen molar-refractivity contribution in [2.24, 2.45) is 0 Å². The molecule has 0 atom stereocenters. The minimum atomic E-state index is -0.188. The molecule has 144 valence electrons. The molecular weight excluding hydrogens is 348 g/mol. The summed E-state index contributed by atoms with van der Waals surface area (Å²) in [4.78, 5) is 31.1. The number of aromatic nitrogens is 2. The van der Waals surface area contributed by atoms with Crippen LogP contribution in [-0.4, -0.2) is 52.3 Å². The van der Waals surface area contributed by atoms with Crippen molar-refractivity contribution >= 4 is 17.7 Å². The Morgan fingerprint density at radius 2 is 2.08 bits per heavy atom. The lowest BCUT2D eigenvalue weighted by atomic mass is 9.97. The zero-order valence-corrected chi connectivity index (χ0v) is 16.7. The van der Waals surface area contributed by atoms with Gasteiger partial charge in [0.25, 0.3) is 0 Å². The molecule has 0 radical (unpaired) electrons. The summed E-state index contributed by atoms with van der Waals surface area (Å²) in [5, 5.41) is 3.49. The molecule has 1 aromatic rings. The van der Waals surface area contributed by atoms with Gasteiger partial charge in [0.1, 0.15) is 5.03 Å². The maximum absolute atomic E-state index is 12.6. The summed E-state index contributed by atoms with van der Waals surface area (Å²) < 4.78 is 1.86. The first-order valence-corrected chi connectivity index (χ1v) is 10.4. The maximum atomic E-state index is 12.6. The second kappa shape index (κ2) is 10.5. The minimum absolute atomic E-state index is 0.0630. The SMILES string of the molecule is C=CCNC(=O)CSc1nc(=O)n(CCN(CC)CC)c2c1CCCC2. The van der Waals surface area contributed by atoms with Gasteiger partial charge in [-0.1, -0.05) is 31.7 Å². The fourth-order valence-corrected chi connectivity index (χ4v) is 4.16. The lowest BCUT2D eigenvalue weighted by molar-refractivity contribution is -0.118. The Morgan fingerprint density at radius 3 is 2.77 bits per heavy atom. The van der Waals surface area contributed by atoms with E-state index in [4.69, 9.17) is 0 Å². The fraction of sp³-hybridized carbons (Fsp3) is 0.632. The van der Waals surface area contributed by atoms with Crippen LogP contribution in [0.3, 0.4) is 0 Å². The van der Waals surface area contributed by atoms with Crippen LogP contribution in [0.5, 0.6) is 0 Å². The molecule has 0 saturated carbocycles. The molecule has 0 unspecified atom stereocenters. The zero-order valence-electron chi connectivity index (χ0n) is 15.9. The molecule has 1 amide bonds. The van der Waals surface area contributed by atoms with Crippen LogP contribution in [0.25, 0.3) is 0 Å². The zero-order chi connectivity index (χ0) is 18.9. The number of fused-ring (bicyclic) bond motifs is 1. The number of carbonyl (C=O) groups excluding carboxylic acids is 1. The first-order chi connectivity index (χ1) is 12.6. The van der Waals surface area contributed by atoms with Crippen LogP contribution in [0.15, 0.2) is 22.5 Å². The number of nitrogens with zero attached hydrogens (tertiary/aromatic N) is 3. The van der Waals surface area contributed by atoms with Crippen LogP contribution < -0.4 is 11.0 Å². The number of likely N-dealkylation sites (N-methyl/N-ethyl adjacent to an activating group) is 1. The number of hydrogen-bond acceptors (Lipinski definition) is 5. The highest BCUT2D eigenvalue weighted by Gasteiger charge is 2.21. The van der Waals surface area contributed by atoms with Gasteiger partial charge >= 0.3 is 5.69 Å². The summed E-state index contributed by atoms with van der Waals surface area (Å²) in [5.74, 6) is 0.211. The van der Waals surface area contributed by atoms with Crippen molar-refractivity contribution < 1.29 is 4.79 Å². The van der Waals surface area contributed by atoms with Crippen LogP contribution in [0, 0.1) is 0 Å². The highest BCUT2D eigenvalue weighted by Crippen LogP contribution is 2.28. The van der Waals surface area contributed by atoms with Crippen molar-refractivity contribution in [2.75, 3.05) is 31.9 Å². The van der Waals surface area contributed by atoms with Crippen molar-refractivity contribution in [1.29, 1.82) is 0 Å². The first kappa shape index (κ1) is 20.7. The number of amides is 1. The Hall–Kier alpha value is -1.60. The van der Waals surface area contributed by atoms with Crippen molar-refractivity contribution in [3.63, 3.8) is 0 Å². The molecule has 2 rings (SSSR count). The summed E-state index contributed by atoms with van der Waals surface area (Å²) in [6, 6.07) is 0. The van der Waals surface area contributed by atoms with Gasteiger partial charge in [-0.3, -0.25) is 9.36 Å². The van der Waals surface area contributed by atoms with Crippen molar-refractivity contribution in [3.8, 4) is 0 Å². The third kappa shape index (κ3) is 5.45. The van der Waals surface area contributed by atoms with Gasteiger partial charge in [-0.25, -0.2) is 4.79 Å². The van der Waals surface area contributed by atoms with E-state index in [0.29, 0.717) is 13.1 Å². The van der Waals surface area contributed by atoms with Gasteiger partial charge in [0, 0.05) is 30.9 Å². The second-order valence-corrected chi connectivity index (χ2v) is 7.36. The average molecular weight is 379 g/mol. The molecule has 1 aromatic heterocycles. The van der Waals surface area contributed by atoms with E-state index >= 15 is 0 Å². The van der Waals surface area contributed by atoms with Crippen LogP contribution in [0.1, 0.15) is 37.9 Å². The second-order valence-electron chi connectivity index (χ2n) is 6.39.